The van der Waals surface area contributed by atoms with Crippen molar-refractivity contribution in [2.24, 2.45) is 0 Å². The lowest BCUT2D eigenvalue weighted by Crippen LogP contribution is -2.33. The van der Waals surface area contributed by atoms with Crippen molar-refractivity contribution in [3.8, 4) is 6.07 Å². The molecule has 0 amide bonds. The summed E-state index contributed by atoms with van der Waals surface area (Å²) in [5.74, 6) is -2.17. The van der Waals surface area contributed by atoms with Crippen molar-refractivity contribution < 1.29 is 17.6 Å². The van der Waals surface area contributed by atoms with Crippen LogP contribution in [-0.4, -0.2) is 16.4 Å². The van der Waals surface area contributed by atoms with Crippen LogP contribution < -0.4 is 5.32 Å². The van der Waals surface area contributed by atoms with Gasteiger partial charge in [0.2, 0.25) is 5.70 Å². The van der Waals surface area contributed by atoms with E-state index in [2.05, 4.69) is 20.4 Å². The number of H-pyrrole nitrogens is 1. The summed E-state index contributed by atoms with van der Waals surface area (Å²) < 4.78 is 55.8. The Bertz CT molecular complexity index is 1400. The van der Waals surface area contributed by atoms with E-state index in [1.54, 1.807) is 25.1 Å². The molecule has 32 heavy (non-hydrogen) atoms. The molecule has 10 heteroatoms. The first-order valence-corrected chi connectivity index (χ1v) is 9.53. The van der Waals surface area contributed by atoms with Crippen LogP contribution in [0.2, 0.25) is 5.02 Å². The van der Waals surface area contributed by atoms with Crippen molar-refractivity contribution in [2.45, 2.75) is 19.0 Å². The van der Waals surface area contributed by atoms with E-state index in [0.29, 0.717) is 22.2 Å². The maximum absolute atomic E-state index is 14.1. The van der Waals surface area contributed by atoms with Gasteiger partial charge in [0.25, 0.3) is 0 Å². The number of aromatic nitrogens is 2. The lowest BCUT2D eigenvalue weighted by atomic mass is 9.82. The van der Waals surface area contributed by atoms with Crippen molar-refractivity contribution in [3.05, 3.63) is 92.4 Å². The van der Waals surface area contributed by atoms with Gasteiger partial charge in [-0.05, 0) is 42.3 Å². The molecule has 0 bridgehead atoms. The van der Waals surface area contributed by atoms with Crippen molar-refractivity contribution in [1.82, 2.24) is 15.5 Å². The minimum Gasteiger partial charge on any atom is -0.360 e. The van der Waals surface area contributed by atoms with Crippen LogP contribution in [0.25, 0.3) is 21.4 Å². The summed E-state index contributed by atoms with van der Waals surface area (Å²) in [6.07, 6.45) is -4.91. The lowest BCUT2D eigenvalue weighted by Gasteiger charge is -2.30. The highest BCUT2D eigenvalue weighted by molar-refractivity contribution is 6.30. The zero-order chi connectivity index (χ0) is 23.2. The molecule has 160 valence electrons. The van der Waals surface area contributed by atoms with Gasteiger partial charge < -0.3 is 5.32 Å². The van der Waals surface area contributed by atoms with Gasteiger partial charge in [-0.15, -0.1) is 0 Å². The molecule has 0 spiro atoms. The molecular formula is C22H12ClF4N5. The fourth-order valence-electron chi connectivity index (χ4n) is 3.68. The van der Waals surface area contributed by atoms with Crippen LogP contribution in [0.5, 0.6) is 0 Å². The highest BCUT2D eigenvalue weighted by Crippen LogP contribution is 2.45. The normalized spacial score (nSPS) is 16.7. The summed E-state index contributed by atoms with van der Waals surface area (Å²) in [7, 11) is 0. The number of nitrogens with one attached hydrogen (secondary N) is 2. The van der Waals surface area contributed by atoms with Gasteiger partial charge >= 0.3 is 6.18 Å². The Kier molecular flexibility index (Phi) is 5.15. The number of aromatic amines is 1. The van der Waals surface area contributed by atoms with E-state index in [0.717, 1.165) is 6.07 Å². The molecule has 2 aromatic carbocycles. The summed E-state index contributed by atoms with van der Waals surface area (Å²) in [4.78, 5) is 3.46. The minimum atomic E-state index is -4.91. The molecule has 3 aromatic rings. The van der Waals surface area contributed by atoms with Crippen LogP contribution >= 0.6 is 11.6 Å². The van der Waals surface area contributed by atoms with Gasteiger partial charge in [0.15, 0.2) is 0 Å². The van der Waals surface area contributed by atoms with E-state index < -0.39 is 29.2 Å². The van der Waals surface area contributed by atoms with Gasteiger partial charge in [-0.1, -0.05) is 23.7 Å². The number of dihydropyridines is 1. The second-order valence-electron chi connectivity index (χ2n) is 7.08. The Balaban J connectivity index is 2.03. The van der Waals surface area contributed by atoms with Crippen LogP contribution in [-0.2, 0) is 0 Å². The summed E-state index contributed by atoms with van der Waals surface area (Å²) in [5.41, 5.74) is -0.779. The Hall–Kier alpha value is -3.82. The number of benzene rings is 2. The van der Waals surface area contributed by atoms with E-state index >= 15 is 0 Å². The molecule has 1 aliphatic heterocycles. The minimum absolute atomic E-state index is 0.00205. The smallest absolute Gasteiger partial charge is 0.360 e. The molecule has 2 N–H and O–H groups in total. The Labute approximate surface area is 184 Å². The van der Waals surface area contributed by atoms with Crippen molar-refractivity contribution in [2.75, 3.05) is 0 Å². The predicted molar refractivity (Wildman–Crippen MR) is 110 cm³/mol. The topological polar surface area (TPSA) is 68.9 Å². The molecular weight excluding hydrogens is 446 g/mol. The predicted octanol–water partition coefficient (Wildman–Crippen LogP) is 5.98. The molecule has 0 radical (unpaired) electrons. The zero-order valence-electron chi connectivity index (χ0n) is 16.3. The highest BCUT2D eigenvalue weighted by atomic mass is 35.5. The first kappa shape index (κ1) is 21.4. The number of hydrogen-bond acceptors (Lipinski definition) is 3. The number of halogens is 5. The monoisotopic (exact) mass is 457 g/mol. The standard InChI is InChI=1S/C22H12ClF4N5/c1-10-13-7-11(4-6-17(13)32-31-10)18-14(9-28)21(22(25,26)27)30-19(20(18)29-2)12-3-5-15(23)16(24)8-12/h3-8,18,30H,1H3,(H,31,32). The van der Waals surface area contributed by atoms with E-state index in [4.69, 9.17) is 18.2 Å². The largest absolute Gasteiger partial charge is 0.432 e. The second-order valence-corrected chi connectivity index (χ2v) is 7.49. The molecule has 1 atom stereocenters. The molecule has 0 saturated heterocycles. The lowest BCUT2D eigenvalue weighted by molar-refractivity contribution is -0.0962. The van der Waals surface area contributed by atoms with Crippen LogP contribution in [0.4, 0.5) is 17.6 Å². The summed E-state index contributed by atoms with van der Waals surface area (Å²) in [6.45, 7) is 9.44. The first-order valence-electron chi connectivity index (χ1n) is 9.16. The third-order valence-corrected chi connectivity index (χ3v) is 5.48. The maximum Gasteiger partial charge on any atom is 0.432 e. The molecule has 0 fully saturated rings. The van der Waals surface area contributed by atoms with Crippen molar-refractivity contribution >= 4 is 28.2 Å². The Morgan fingerprint density at radius 1 is 1.22 bits per heavy atom. The number of hydrogen-bond donors (Lipinski definition) is 2. The number of allylic oxidation sites excluding steroid dienone is 2. The molecule has 0 saturated carbocycles. The number of aryl methyl sites for hydroxylation is 1. The number of fused-ring (bicyclic) bond motifs is 1. The number of rotatable bonds is 2. The summed E-state index contributed by atoms with van der Waals surface area (Å²) >= 11 is 5.71. The van der Waals surface area contributed by atoms with E-state index in [1.165, 1.54) is 18.2 Å². The van der Waals surface area contributed by atoms with Crippen LogP contribution in [0.15, 0.2) is 53.4 Å². The molecule has 4 rings (SSSR count). The molecule has 1 aliphatic rings. The van der Waals surface area contributed by atoms with Gasteiger partial charge in [0.1, 0.15) is 11.5 Å². The van der Waals surface area contributed by atoms with Gasteiger partial charge in [0.05, 0.1) is 34.7 Å². The molecule has 1 unspecified atom stereocenters. The fraction of sp³-hybridized carbons (Fsp3) is 0.136. The van der Waals surface area contributed by atoms with Crippen LogP contribution in [0, 0.1) is 30.6 Å². The highest BCUT2D eigenvalue weighted by Gasteiger charge is 2.44. The third-order valence-electron chi connectivity index (χ3n) is 5.17. The summed E-state index contributed by atoms with van der Waals surface area (Å²) in [5, 5.41) is 19.2. The number of nitriles is 1. The molecule has 5 nitrogen and oxygen atoms in total. The fourth-order valence-corrected chi connectivity index (χ4v) is 3.80. The maximum atomic E-state index is 14.1. The second kappa shape index (κ2) is 7.70. The average Bonchev–Trinajstić information content (AvgIpc) is 3.13. The van der Waals surface area contributed by atoms with Gasteiger partial charge in [0, 0.05) is 16.8 Å². The molecule has 0 aliphatic carbocycles. The van der Waals surface area contributed by atoms with Gasteiger partial charge in [-0.2, -0.15) is 23.5 Å². The van der Waals surface area contributed by atoms with Crippen LogP contribution in [0.3, 0.4) is 0 Å². The Morgan fingerprint density at radius 3 is 2.59 bits per heavy atom. The van der Waals surface area contributed by atoms with Crippen molar-refractivity contribution in [3.63, 3.8) is 0 Å². The number of alkyl halides is 3. The first-order chi connectivity index (χ1) is 15.2. The quantitative estimate of drug-likeness (QED) is 0.367. The van der Waals surface area contributed by atoms with Crippen molar-refractivity contribution in [1.29, 1.82) is 5.26 Å². The van der Waals surface area contributed by atoms with E-state index in [1.807, 2.05) is 0 Å². The molecule has 1 aromatic heterocycles. The number of nitrogens with zero attached hydrogens (tertiary/aromatic N) is 3. The van der Waals surface area contributed by atoms with E-state index in [-0.39, 0.29) is 22.0 Å². The third kappa shape index (κ3) is 3.47. The zero-order valence-corrected chi connectivity index (χ0v) is 17.0. The van der Waals surface area contributed by atoms with Gasteiger partial charge in [-0.25, -0.2) is 9.24 Å². The van der Waals surface area contributed by atoms with Crippen LogP contribution in [0.1, 0.15) is 22.7 Å². The molecule has 2 heterocycles. The van der Waals surface area contributed by atoms with E-state index in [9.17, 15) is 22.8 Å². The average molecular weight is 458 g/mol. The SMILES string of the molecule is [C-]#[N+]C1=C(c2ccc(Cl)c(F)c2)NC(C(F)(F)F)=C(C#N)C1c1ccc2n[nH]c(C)c2c1. The Morgan fingerprint density at radius 2 is 1.97 bits per heavy atom. The van der Waals surface area contributed by atoms with Gasteiger partial charge in [-0.3, -0.25) is 5.10 Å². The summed E-state index contributed by atoms with van der Waals surface area (Å²) in [6, 6.07) is 9.79.